The monoisotopic (exact) mass is 421 g/mol. The molecule has 26 heavy (non-hydrogen) atoms. The van der Waals surface area contributed by atoms with Gasteiger partial charge in [-0.3, -0.25) is 4.90 Å². The van der Waals surface area contributed by atoms with E-state index in [2.05, 4.69) is 15.9 Å². The number of carboxylic acids is 1. The maximum absolute atomic E-state index is 13.4. The third kappa shape index (κ3) is 4.22. The number of hydrogen-bond acceptors (Lipinski definition) is 3. The van der Waals surface area contributed by atoms with Crippen LogP contribution in [0.15, 0.2) is 53.0 Å². The molecule has 2 aromatic rings. The fraction of sp³-hybridized carbons (Fsp3) is 0.263. The number of rotatable bonds is 6. The minimum atomic E-state index is -1.25. The average Bonchev–Trinajstić information content (AvgIpc) is 3.44. The molecule has 1 fully saturated rings. The largest absolute Gasteiger partial charge is 0.479 e. The maximum atomic E-state index is 13.4. The summed E-state index contributed by atoms with van der Waals surface area (Å²) in [6.07, 6.45) is 0.728. The van der Waals surface area contributed by atoms with Gasteiger partial charge in [-0.1, -0.05) is 52.3 Å². The number of carbonyl (C=O) groups excluding carboxylic acids is 1. The Labute approximate surface area is 158 Å². The Balaban J connectivity index is 1.84. The molecule has 0 spiro atoms. The van der Waals surface area contributed by atoms with Gasteiger partial charge >= 0.3 is 12.1 Å². The van der Waals surface area contributed by atoms with Crippen LogP contribution in [0.2, 0.25) is 0 Å². The van der Waals surface area contributed by atoms with Gasteiger partial charge in [-0.15, -0.1) is 0 Å². The predicted octanol–water partition coefficient (Wildman–Crippen LogP) is 4.52. The molecule has 2 aromatic carbocycles. The molecule has 136 valence electrons. The summed E-state index contributed by atoms with van der Waals surface area (Å²) >= 11 is 3.20. The lowest BCUT2D eigenvalue weighted by molar-refractivity contribution is -0.143. The van der Waals surface area contributed by atoms with Gasteiger partial charge in [0.25, 0.3) is 0 Å². The van der Waals surface area contributed by atoms with Crippen LogP contribution >= 0.6 is 15.9 Å². The summed E-state index contributed by atoms with van der Waals surface area (Å²) in [5.74, 6) is -1.68. The zero-order chi connectivity index (χ0) is 18.7. The van der Waals surface area contributed by atoms with E-state index >= 15 is 0 Å². The van der Waals surface area contributed by atoms with Crippen molar-refractivity contribution in [2.75, 3.05) is 0 Å². The lowest BCUT2D eigenvalue weighted by atomic mass is 10.1. The van der Waals surface area contributed by atoms with E-state index in [-0.39, 0.29) is 12.6 Å². The molecule has 0 radical (unpaired) electrons. The number of nitrogens with zero attached hydrogens (tertiary/aromatic N) is 1. The highest BCUT2D eigenvalue weighted by molar-refractivity contribution is 9.10. The van der Waals surface area contributed by atoms with Crippen LogP contribution in [0, 0.1) is 5.82 Å². The van der Waals surface area contributed by atoms with E-state index in [0.717, 1.165) is 5.56 Å². The van der Waals surface area contributed by atoms with E-state index in [0.29, 0.717) is 22.9 Å². The van der Waals surface area contributed by atoms with Crippen LogP contribution in [-0.2, 0) is 16.1 Å². The molecule has 0 aliphatic heterocycles. The lowest BCUT2D eigenvalue weighted by Crippen LogP contribution is -2.41. The number of aliphatic carboxylic acids is 1. The Morgan fingerprint density at radius 2 is 1.92 bits per heavy atom. The number of ether oxygens (including phenoxy) is 1. The third-order valence-electron chi connectivity index (χ3n) is 4.13. The van der Waals surface area contributed by atoms with Gasteiger partial charge in [0.1, 0.15) is 12.4 Å². The first-order valence-electron chi connectivity index (χ1n) is 8.14. The van der Waals surface area contributed by atoms with Crippen molar-refractivity contribution >= 4 is 28.0 Å². The molecule has 1 amide bonds. The Hall–Kier alpha value is -2.41. The van der Waals surface area contributed by atoms with Crippen molar-refractivity contribution in [2.45, 2.75) is 31.5 Å². The van der Waals surface area contributed by atoms with Crippen molar-refractivity contribution in [3.05, 3.63) is 69.9 Å². The highest BCUT2D eigenvalue weighted by Gasteiger charge is 2.43. The molecule has 3 rings (SSSR count). The summed E-state index contributed by atoms with van der Waals surface area (Å²) in [5, 5.41) is 9.74. The molecule has 1 unspecified atom stereocenters. The van der Waals surface area contributed by atoms with Crippen molar-refractivity contribution in [3.8, 4) is 0 Å². The molecule has 0 aromatic heterocycles. The molecular formula is C19H17BrFNO4. The van der Waals surface area contributed by atoms with Crippen LogP contribution < -0.4 is 0 Å². The van der Waals surface area contributed by atoms with Crippen molar-refractivity contribution < 1.29 is 23.8 Å². The van der Waals surface area contributed by atoms with Crippen molar-refractivity contribution in [1.82, 2.24) is 4.90 Å². The summed E-state index contributed by atoms with van der Waals surface area (Å²) in [5.41, 5.74) is 1.12. The van der Waals surface area contributed by atoms with Crippen LogP contribution in [0.3, 0.4) is 0 Å². The van der Waals surface area contributed by atoms with Gasteiger partial charge in [-0.05, 0) is 30.5 Å². The SMILES string of the molecule is O=C(O)C(c1ccc(F)cc1Br)N(C(=O)OCc1ccccc1)C1CC1. The van der Waals surface area contributed by atoms with Crippen LogP contribution in [0.5, 0.6) is 0 Å². The first-order chi connectivity index (χ1) is 12.5. The van der Waals surface area contributed by atoms with Crippen LogP contribution in [-0.4, -0.2) is 28.1 Å². The molecule has 1 aliphatic carbocycles. The summed E-state index contributed by atoms with van der Waals surface area (Å²) in [6, 6.07) is 11.4. The zero-order valence-corrected chi connectivity index (χ0v) is 15.4. The predicted molar refractivity (Wildman–Crippen MR) is 96.0 cm³/mol. The van der Waals surface area contributed by atoms with Crippen molar-refractivity contribution in [1.29, 1.82) is 0 Å². The molecule has 0 saturated heterocycles. The van der Waals surface area contributed by atoms with Gasteiger partial charge in [-0.25, -0.2) is 14.0 Å². The molecule has 0 bridgehead atoms. The van der Waals surface area contributed by atoms with E-state index in [4.69, 9.17) is 4.74 Å². The smallest absolute Gasteiger partial charge is 0.411 e. The molecule has 0 heterocycles. The summed E-state index contributed by atoms with van der Waals surface area (Å²) in [7, 11) is 0. The summed E-state index contributed by atoms with van der Waals surface area (Å²) < 4.78 is 19.0. The normalized spacial score (nSPS) is 14.5. The summed E-state index contributed by atoms with van der Waals surface area (Å²) in [6.45, 7) is 0.0554. The average molecular weight is 422 g/mol. The lowest BCUT2D eigenvalue weighted by Gasteiger charge is -2.29. The minimum Gasteiger partial charge on any atom is -0.479 e. The minimum absolute atomic E-state index is 0.0554. The Kier molecular flexibility index (Phi) is 5.56. The van der Waals surface area contributed by atoms with Gasteiger partial charge in [-0.2, -0.15) is 0 Å². The molecule has 1 saturated carbocycles. The Morgan fingerprint density at radius 1 is 1.23 bits per heavy atom. The Bertz CT molecular complexity index is 810. The van der Waals surface area contributed by atoms with Gasteiger partial charge in [0.05, 0.1) is 0 Å². The number of carbonyl (C=O) groups is 2. The van der Waals surface area contributed by atoms with Gasteiger partial charge in [0.2, 0.25) is 0 Å². The van der Waals surface area contributed by atoms with Crippen LogP contribution in [0.25, 0.3) is 0 Å². The van der Waals surface area contributed by atoms with Gasteiger partial charge in [0, 0.05) is 16.1 Å². The first kappa shape index (κ1) is 18.4. The number of hydrogen-bond donors (Lipinski definition) is 1. The molecule has 1 atom stereocenters. The van der Waals surface area contributed by atoms with Crippen molar-refractivity contribution in [2.24, 2.45) is 0 Å². The maximum Gasteiger partial charge on any atom is 0.411 e. The molecule has 5 nitrogen and oxygen atoms in total. The second-order valence-corrected chi connectivity index (χ2v) is 6.94. The molecular weight excluding hydrogens is 405 g/mol. The molecule has 1 N–H and O–H groups in total. The first-order valence-corrected chi connectivity index (χ1v) is 8.93. The molecule has 7 heteroatoms. The topological polar surface area (TPSA) is 66.8 Å². The van der Waals surface area contributed by atoms with Crippen LogP contribution in [0.1, 0.15) is 30.0 Å². The van der Waals surface area contributed by atoms with E-state index in [1.807, 2.05) is 30.3 Å². The molecule has 1 aliphatic rings. The zero-order valence-electron chi connectivity index (χ0n) is 13.8. The van der Waals surface area contributed by atoms with Gasteiger partial charge < -0.3 is 9.84 Å². The van der Waals surface area contributed by atoms with E-state index in [1.54, 1.807) is 0 Å². The fourth-order valence-corrected chi connectivity index (χ4v) is 3.30. The fourth-order valence-electron chi connectivity index (χ4n) is 2.74. The second kappa shape index (κ2) is 7.86. The summed E-state index contributed by atoms with van der Waals surface area (Å²) in [4.78, 5) is 25.8. The number of halogens is 2. The number of amides is 1. The van der Waals surface area contributed by atoms with E-state index in [9.17, 15) is 19.1 Å². The van der Waals surface area contributed by atoms with Crippen molar-refractivity contribution in [3.63, 3.8) is 0 Å². The Morgan fingerprint density at radius 3 is 2.50 bits per heavy atom. The highest BCUT2D eigenvalue weighted by Crippen LogP contribution is 2.38. The van der Waals surface area contributed by atoms with E-state index in [1.165, 1.54) is 23.1 Å². The van der Waals surface area contributed by atoms with Crippen LogP contribution in [0.4, 0.5) is 9.18 Å². The highest BCUT2D eigenvalue weighted by atomic mass is 79.9. The second-order valence-electron chi connectivity index (χ2n) is 6.09. The third-order valence-corrected chi connectivity index (χ3v) is 4.81. The standard InChI is InChI=1S/C19H17BrFNO4/c20-16-10-13(21)6-9-15(16)17(18(23)24)22(14-7-8-14)19(25)26-11-12-4-2-1-3-5-12/h1-6,9-10,14,17H,7-8,11H2,(H,23,24). The van der Waals surface area contributed by atoms with Gasteiger partial charge in [0.15, 0.2) is 6.04 Å². The number of carboxylic acid groups (broad SMARTS) is 1. The number of benzene rings is 2. The van der Waals surface area contributed by atoms with E-state index < -0.39 is 23.9 Å². The quantitative estimate of drug-likeness (QED) is 0.744.